The van der Waals surface area contributed by atoms with E-state index in [0.717, 1.165) is 30.3 Å². The lowest BCUT2D eigenvalue weighted by atomic mass is 10.1. The third-order valence-electron chi connectivity index (χ3n) is 4.70. The summed E-state index contributed by atoms with van der Waals surface area (Å²) in [5.74, 6) is 0.923. The highest BCUT2D eigenvalue weighted by molar-refractivity contribution is 5.81. The number of aromatic nitrogens is 3. The summed E-state index contributed by atoms with van der Waals surface area (Å²) in [6.07, 6.45) is 5.00. The Morgan fingerprint density at radius 2 is 2.00 bits per heavy atom. The number of hydrogen-bond acceptors (Lipinski definition) is 5. The Labute approximate surface area is 135 Å². The van der Waals surface area contributed by atoms with Crippen molar-refractivity contribution in [3.63, 3.8) is 0 Å². The van der Waals surface area contributed by atoms with Crippen LogP contribution in [0.3, 0.4) is 0 Å². The first-order valence-corrected chi connectivity index (χ1v) is 7.98. The largest absolute Gasteiger partial charge is 0.335 e. The standard InChI is InChI=1S/C17H19N5O/c1-12-4-2-5-13(20-12)11-22-14-6-9-21(15(14)10-16(22)23)17-18-7-3-8-19-17/h2-5,7-8,14-15H,6,9-11H2,1H3/t14-,15+/m1/s1. The van der Waals surface area contributed by atoms with Gasteiger partial charge in [0.05, 0.1) is 24.3 Å². The Balaban J connectivity index is 1.55. The van der Waals surface area contributed by atoms with Gasteiger partial charge < -0.3 is 9.80 Å². The van der Waals surface area contributed by atoms with E-state index in [-0.39, 0.29) is 18.0 Å². The molecule has 2 fully saturated rings. The van der Waals surface area contributed by atoms with Crippen LogP contribution < -0.4 is 4.90 Å². The molecule has 1 amide bonds. The van der Waals surface area contributed by atoms with E-state index in [4.69, 9.17) is 0 Å². The number of aryl methyl sites for hydroxylation is 1. The van der Waals surface area contributed by atoms with Crippen molar-refractivity contribution < 1.29 is 4.79 Å². The second-order valence-corrected chi connectivity index (χ2v) is 6.16. The van der Waals surface area contributed by atoms with Crippen molar-refractivity contribution in [2.75, 3.05) is 11.4 Å². The van der Waals surface area contributed by atoms with Crippen molar-refractivity contribution in [1.29, 1.82) is 0 Å². The summed E-state index contributed by atoms with van der Waals surface area (Å²) in [6.45, 7) is 3.46. The number of likely N-dealkylation sites (tertiary alicyclic amines) is 1. The minimum Gasteiger partial charge on any atom is -0.335 e. The fourth-order valence-corrected chi connectivity index (χ4v) is 3.68. The Morgan fingerprint density at radius 3 is 2.78 bits per heavy atom. The molecular weight excluding hydrogens is 290 g/mol. The summed E-state index contributed by atoms with van der Waals surface area (Å²) in [5, 5.41) is 0. The fraction of sp³-hybridized carbons (Fsp3) is 0.412. The number of nitrogens with zero attached hydrogens (tertiary/aromatic N) is 5. The summed E-state index contributed by atoms with van der Waals surface area (Å²) < 4.78 is 0. The van der Waals surface area contributed by atoms with Crippen LogP contribution in [0.2, 0.25) is 0 Å². The average molecular weight is 309 g/mol. The summed E-state index contributed by atoms with van der Waals surface area (Å²) in [6, 6.07) is 8.17. The van der Waals surface area contributed by atoms with Crippen LogP contribution in [0.25, 0.3) is 0 Å². The van der Waals surface area contributed by atoms with Crippen molar-refractivity contribution in [2.24, 2.45) is 0 Å². The van der Waals surface area contributed by atoms with Crippen molar-refractivity contribution in [2.45, 2.75) is 38.4 Å². The van der Waals surface area contributed by atoms with E-state index in [9.17, 15) is 4.79 Å². The molecule has 6 heteroatoms. The molecule has 0 bridgehead atoms. The van der Waals surface area contributed by atoms with Gasteiger partial charge in [-0.05, 0) is 31.5 Å². The van der Waals surface area contributed by atoms with Gasteiger partial charge in [0.1, 0.15) is 0 Å². The van der Waals surface area contributed by atoms with Gasteiger partial charge in [-0.3, -0.25) is 9.78 Å². The molecule has 4 rings (SSSR count). The normalized spacial score (nSPS) is 23.4. The maximum atomic E-state index is 12.5. The van der Waals surface area contributed by atoms with E-state index < -0.39 is 0 Å². The molecule has 0 saturated carbocycles. The van der Waals surface area contributed by atoms with Crippen LogP contribution in [0.1, 0.15) is 24.2 Å². The lowest BCUT2D eigenvalue weighted by Crippen LogP contribution is -2.37. The first kappa shape index (κ1) is 14.1. The number of carbonyl (C=O) groups is 1. The summed E-state index contributed by atoms with van der Waals surface area (Å²) >= 11 is 0. The van der Waals surface area contributed by atoms with Gasteiger partial charge in [-0.15, -0.1) is 0 Å². The van der Waals surface area contributed by atoms with Crippen molar-refractivity contribution in [3.8, 4) is 0 Å². The predicted molar refractivity (Wildman–Crippen MR) is 85.7 cm³/mol. The van der Waals surface area contributed by atoms with Gasteiger partial charge in [-0.1, -0.05) is 6.07 Å². The van der Waals surface area contributed by atoms with E-state index in [1.165, 1.54) is 0 Å². The van der Waals surface area contributed by atoms with Gasteiger partial charge in [0.25, 0.3) is 0 Å². The molecule has 0 N–H and O–H groups in total. The minimum atomic E-state index is 0.176. The smallest absolute Gasteiger partial charge is 0.225 e. The number of fused-ring (bicyclic) bond motifs is 1. The Bertz CT molecular complexity index is 720. The number of anilines is 1. The molecule has 2 aliphatic rings. The van der Waals surface area contributed by atoms with Gasteiger partial charge in [-0.25, -0.2) is 9.97 Å². The molecule has 4 heterocycles. The highest BCUT2D eigenvalue weighted by atomic mass is 16.2. The maximum Gasteiger partial charge on any atom is 0.225 e. The quantitative estimate of drug-likeness (QED) is 0.861. The molecular formula is C17H19N5O. The van der Waals surface area contributed by atoms with Gasteiger partial charge in [0.15, 0.2) is 0 Å². The number of amides is 1. The second kappa shape index (κ2) is 5.61. The zero-order chi connectivity index (χ0) is 15.8. The fourth-order valence-electron chi connectivity index (χ4n) is 3.68. The van der Waals surface area contributed by atoms with Crippen LogP contribution in [0.15, 0.2) is 36.7 Å². The summed E-state index contributed by atoms with van der Waals surface area (Å²) in [4.78, 5) is 29.8. The van der Waals surface area contributed by atoms with Gasteiger partial charge >= 0.3 is 0 Å². The molecule has 2 aromatic rings. The Kier molecular flexibility index (Phi) is 3.44. The summed E-state index contributed by atoms with van der Waals surface area (Å²) in [7, 11) is 0. The monoisotopic (exact) mass is 309 g/mol. The highest BCUT2D eigenvalue weighted by Gasteiger charge is 2.47. The number of pyridine rings is 1. The molecule has 118 valence electrons. The average Bonchev–Trinajstić information content (AvgIpc) is 3.09. The zero-order valence-corrected chi connectivity index (χ0v) is 13.1. The Morgan fingerprint density at radius 1 is 1.17 bits per heavy atom. The zero-order valence-electron chi connectivity index (χ0n) is 13.1. The van der Waals surface area contributed by atoms with E-state index in [1.807, 2.05) is 36.1 Å². The number of hydrogen-bond donors (Lipinski definition) is 0. The molecule has 0 unspecified atom stereocenters. The van der Waals surface area contributed by atoms with Crippen LogP contribution in [-0.2, 0) is 11.3 Å². The molecule has 0 aliphatic carbocycles. The molecule has 2 aliphatic heterocycles. The van der Waals surface area contributed by atoms with E-state index in [2.05, 4.69) is 19.9 Å². The van der Waals surface area contributed by atoms with Gasteiger partial charge in [0.2, 0.25) is 11.9 Å². The first-order chi connectivity index (χ1) is 11.2. The lowest BCUT2D eigenvalue weighted by Gasteiger charge is -2.25. The van der Waals surface area contributed by atoms with E-state index in [0.29, 0.717) is 13.0 Å². The van der Waals surface area contributed by atoms with Crippen LogP contribution in [0, 0.1) is 6.92 Å². The molecule has 2 atom stereocenters. The number of carbonyl (C=O) groups excluding carboxylic acids is 1. The molecule has 0 spiro atoms. The van der Waals surface area contributed by atoms with Crippen molar-refractivity contribution >= 4 is 11.9 Å². The Hall–Kier alpha value is -2.50. The van der Waals surface area contributed by atoms with Gasteiger partial charge in [0, 0.05) is 31.1 Å². The highest BCUT2D eigenvalue weighted by Crippen LogP contribution is 2.34. The van der Waals surface area contributed by atoms with Crippen molar-refractivity contribution in [1.82, 2.24) is 19.9 Å². The van der Waals surface area contributed by atoms with E-state index >= 15 is 0 Å². The van der Waals surface area contributed by atoms with Crippen LogP contribution in [-0.4, -0.2) is 44.4 Å². The van der Waals surface area contributed by atoms with Crippen LogP contribution in [0.4, 0.5) is 5.95 Å². The molecule has 2 saturated heterocycles. The third kappa shape index (κ3) is 2.54. The minimum absolute atomic E-state index is 0.176. The molecule has 23 heavy (non-hydrogen) atoms. The number of rotatable bonds is 3. The maximum absolute atomic E-state index is 12.5. The lowest BCUT2D eigenvalue weighted by molar-refractivity contribution is -0.129. The molecule has 0 aromatic carbocycles. The molecule has 0 radical (unpaired) electrons. The first-order valence-electron chi connectivity index (χ1n) is 7.98. The third-order valence-corrected chi connectivity index (χ3v) is 4.70. The second-order valence-electron chi connectivity index (χ2n) is 6.16. The molecule has 2 aromatic heterocycles. The van der Waals surface area contributed by atoms with E-state index in [1.54, 1.807) is 12.4 Å². The van der Waals surface area contributed by atoms with Crippen molar-refractivity contribution in [3.05, 3.63) is 48.0 Å². The molecule has 6 nitrogen and oxygen atoms in total. The van der Waals surface area contributed by atoms with Gasteiger partial charge in [-0.2, -0.15) is 0 Å². The van der Waals surface area contributed by atoms with Crippen LogP contribution >= 0.6 is 0 Å². The van der Waals surface area contributed by atoms with Crippen LogP contribution in [0.5, 0.6) is 0 Å². The predicted octanol–water partition coefficient (Wildman–Crippen LogP) is 1.56. The summed E-state index contributed by atoms with van der Waals surface area (Å²) in [5.41, 5.74) is 1.94. The topological polar surface area (TPSA) is 62.2 Å². The SMILES string of the molecule is Cc1cccc(CN2C(=O)C[C@H]3[C@H]2CCN3c2ncccn2)n1.